The fourth-order valence-corrected chi connectivity index (χ4v) is 2.65. The molecule has 3 unspecified atom stereocenters. The number of hydrogen-bond donors (Lipinski definition) is 6. The maximum absolute atomic E-state index is 11.3. The quantitative estimate of drug-likeness (QED) is 0.275. The predicted octanol–water partition coefficient (Wildman–Crippen LogP) is -4.52. The number of amides is 1. The molecule has 150 valence electrons. The van der Waals surface area contributed by atoms with Crippen molar-refractivity contribution in [3.63, 3.8) is 0 Å². The zero-order valence-corrected chi connectivity index (χ0v) is 13.9. The van der Waals surface area contributed by atoms with Crippen LogP contribution in [0.3, 0.4) is 0 Å². The number of carbonyl (C=O) groups is 1. The van der Waals surface area contributed by atoms with Gasteiger partial charge in [-0.1, -0.05) is 0 Å². The molecule has 0 saturated carbocycles. The second-order valence-electron chi connectivity index (χ2n) is 5.79. The highest BCUT2D eigenvalue weighted by Gasteiger charge is 2.45. The van der Waals surface area contributed by atoms with Gasteiger partial charge in [0, 0.05) is 6.92 Å². The summed E-state index contributed by atoms with van der Waals surface area (Å²) < 4.78 is 15.9. The summed E-state index contributed by atoms with van der Waals surface area (Å²) in [7, 11) is 0. The largest absolute Gasteiger partial charge is 0.394 e. The van der Waals surface area contributed by atoms with Crippen LogP contribution in [0.4, 0.5) is 0 Å². The lowest BCUT2D eigenvalue weighted by atomic mass is 9.97. The van der Waals surface area contributed by atoms with E-state index in [4.69, 9.17) is 23.8 Å². The van der Waals surface area contributed by atoms with Crippen molar-refractivity contribution in [1.82, 2.24) is 5.32 Å². The third kappa shape index (κ3) is 5.77. The molecule has 0 spiro atoms. The van der Waals surface area contributed by atoms with Gasteiger partial charge in [0.15, 0.2) is 6.29 Å². The van der Waals surface area contributed by atoms with Gasteiger partial charge in [0.05, 0.1) is 25.9 Å². The molecule has 12 nitrogen and oxygen atoms in total. The highest BCUT2D eigenvalue weighted by molar-refractivity contribution is 5.73. The van der Waals surface area contributed by atoms with E-state index in [1.54, 1.807) is 0 Å². The molecule has 2 aliphatic heterocycles. The second-order valence-corrected chi connectivity index (χ2v) is 5.79. The average Bonchev–Trinajstić information content (AvgIpc) is 2.58. The molecular weight excluding hydrogens is 358 g/mol. The molecule has 0 bridgehead atoms. The van der Waals surface area contributed by atoms with Crippen LogP contribution in [-0.4, -0.2) is 106 Å². The SMILES string of the molecule is CC(=O)NC1COC(CO)[C@@H](O)[C@@H]1O[C@@H]1OC[C@@H](O)[C@H](O)C1O.O=C=O. The van der Waals surface area contributed by atoms with E-state index in [1.165, 1.54) is 6.92 Å². The molecule has 2 aliphatic rings. The first kappa shape index (κ1) is 22.6. The number of carbonyl (C=O) groups excluding carboxylic acids is 3. The number of hydrogen-bond acceptors (Lipinski definition) is 11. The van der Waals surface area contributed by atoms with E-state index >= 15 is 0 Å². The lowest BCUT2D eigenvalue weighted by Gasteiger charge is -2.43. The highest BCUT2D eigenvalue weighted by Crippen LogP contribution is 2.24. The Hall–Kier alpha value is -1.47. The predicted molar refractivity (Wildman–Crippen MR) is 78.1 cm³/mol. The van der Waals surface area contributed by atoms with E-state index < -0.39 is 55.6 Å². The van der Waals surface area contributed by atoms with E-state index in [0.717, 1.165) is 0 Å². The van der Waals surface area contributed by atoms with Crippen molar-refractivity contribution < 1.29 is 54.1 Å². The third-order valence-corrected chi connectivity index (χ3v) is 3.92. The lowest BCUT2D eigenvalue weighted by molar-refractivity contribution is -0.305. The molecule has 12 heteroatoms. The van der Waals surface area contributed by atoms with Gasteiger partial charge in [-0.25, -0.2) is 0 Å². The number of ether oxygens (including phenoxy) is 3. The number of aliphatic hydroxyl groups excluding tert-OH is 5. The lowest BCUT2D eigenvalue weighted by Crippen LogP contribution is -2.63. The van der Waals surface area contributed by atoms with E-state index in [9.17, 15) is 30.3 Å². The minimum atomic E-state index is -1.53. The standard InChI is InChI=1S/C13H23NO9.CO2/c1-5(16)14-6-3-21-8(2-15)10(19)12(6)23-13-11(20)9(18)7(17)4-22-13;2-1-3/h6-13,15,17-20H,2-4H2,1H3,(H,14,16);/t6?,7-,8?,9+,10-,11?,12-,13+;/m1./s1. The molecular formula is C14H23NO11. The van der Waals surface area contributed by atoms with Crippen LogP contribution in [0.15, 0.2) is 0 Å². The zero-order chi connectivity index (χ0) is 19.9. The van der Waals surface area contributed by atoms with E-state index in [1.807, 2.05) is 0 Å². The topological polar surface area (TPSA) is 192 Å². The summed E-state index contributed by atoms with van der Waals surface area (Å²) in [5.41, 5.74) is 0. The van der Waals surface area contributed by atoms with Gasteiger partial charge in [0.2, 0.25) is 5.91 Å². The summed E-state index contributed by atoms with van der Waals surface area (Å²) in [6.07, 6.45) is -8.53. The van der Waals surface area contributed by atoms with Crippen LogP contribution in [0.25, 0.3) is 0 Å². The molecule has 2 fully saturated rings. The summed E-state index contributed by atoms with van der Waals surface area (Å²) in [6, 6.07) is -0.731. The molecule has 26 heavy (non-hydrogen) atoms. The normalized spacial score (nSPS) is 39.9. The molecule has 0 aromatic rings. The van der Waals surface area contributed by atoms with Crippen LogP contribution < -0.4 is 5.32 Å². The maximum atomic E-state index is 11.3. The van der Waals surface area contributed by atoms with Crippen molar-refractivity contribution in [1.29, 1.82) is 0 Å². The van der Waals surface area contributed by atoms with Gasteiger partial charge in [-0.3, -0.25) is 4.79 Å². The van der Waals surface area contributed by atoms with Gasteiger partial charge in [-0.2, -0.15) is 9.59 Å². The molecule has 6 N–H and O–H groups in total. The summed E-state index contributed by atoms with van der Waals surface area (Å²) in [6.45, 7) is 0.563. The maximum Gasteiger partial charge on any atom is 0.373 e. The van der Waals surface area contributed by atoms with Gasteiger partial charge in [-0.05, 0) is 0 Å². The molecule has 0 radical (unpaired) electrons. The highest BCUT2D eigenvalue weighted by atomic mass is 16.7. The Kier molecular flexibility index (Phi) is 9.22. The van der Waals surface area contributed by atoms with Crippen LogP contribution in [-0.2, 0) is 28.6 Å². The Labute approximate surface area is 148 Å². The monoisotopic (exact) mass is 381 g/mol. The zero-order valence-electron chi connectivity index (χ0n) is 13.9. The van der Waals surface area contributed by atoms with Crippen molar-refractivity contribution in [3.8, 4) is 0 Å². The average molecular weight is 381 g/mol. The van der Waals surface area contributed by atoms with Crippen LogP contribution >= 0.6 is 0 Å². The molecule has 0 aromatic heterocycles. The molecule has 1 amide bonds. The van der Waals surface area contributed by atoms with E-state index in [0.29, 0.717) is 0 Å². The number of nitrogens with one attached hydrogen (secondary N) is 1. The van der Waals surface area contributed by atoms with Gasteiger partial charge < -0.3 is 45.1 Å². The number of aliphatic hydroxyl groups is 5. The van der Waals surface area contributed by atoms with Crippen LogP contribution in [0, 0.1) is 0 Å². The molecule has 0 aliphatic carbocycles. The molecule has 2 rings (SSSR count). The second kappa shape index (κ2) is 10.6. The van der Waals surface area contributed by atoms with E-state index in [2.05, 4.69) is 5.32 Å². The minimum absolute atomic E-state index is 0.0134. The van der Waals surface area contributed by atoms with Crippen LogP contribution in [0.5, 0.6) is 0 Å². The molecule has 0 aromatic carbocycles. The first-order valence-corrected chi connectivity index (χ1v) is 7.74. The van der Waals surface area contributed by atoms with E-state index in [-0.39, 0.29) is 25.3 Å². The Morgan fingerprint density at radius 2 is 1.73 bits per heavy atom. The smallest absolute Gasteiger partial charge is 0.373 e. The summed E-state index contributed by atoms with van der Waals surface area (Å²) in [5.74, 6) is -0.373. The minimum Gasteiger partial charge on any atom is -0.394 e. The van der Waals surface area contributed by atoms with Crippen molar-refractivity contribution >= 4 is 12.1 Å². The fourth-order valence-electron chi connectivity index (χ4n) is 2.65. The first-order chi connectivity index (χ1) is 12.3. The summed E-state index contributed by atoms with van der Waals surface area (Å²) in [4.78, 5) is 27.5. The van der Waals surface area contributed by atoms with Crippen molar-refractivity contribution in [2.45, 2.75) is 55.9 Å². The van der Waals surface area contributed by atoms with Crippen molar-refractivity contribution in [2.75, 3.05) is 19.8 Å². The summed E-state index contributed by atoms with van der Waals surface area (Å²) >= 11 is 0. The van der Waals surface area contributed by atoms with Crippen molar-refractivity contribution in [3.05, 3.63) is 0 Å². The van der Waals surface area contributed by atoms with Crippen molar-refractivity contribution in [2.24, 2.45) is 0 Å². The van der Waals surface area contributed by atoms with Gasteiger partial charge in [0.25, 0.3) is 0 Å². The Morgan fingerprint density at radius 3 is 2.27 bits per heavy atom. The van der Waals surface area contributed by atoms with Gasteiger partial charge >= 0.3 is 6.15 Å². The fraction of sp³-hybridized carbons (Fsp3) is 0.857. The van der Waals surface area contributed by atoms with Gasteiger partial charge in [0.1, 0.15) is 36.6 Å². The molecule has 2 saturated heterocycles. The van der Waals surface area contributed by atoms with Gasteiger partial charge in [-0.15, -0.1) is 0 Å². The van der Waals surface area contributed by atoms with Crippen LogP contribution in [0.2, 0.25) is 0 Å². The first-order valence-electron chi connectivity index (χ1n) is 7.74. The Balaban J connectivity index is 0.00000105. The Morgan fingerprint density at radius 1 is 1.12 bits per heavy atom. The van der Waals surface area contributed by atoms with Crippen LogP contribution in [0.1, 0.15) is 6.92 Å². The number of rotatable bonds is 4. The summed E-state index contributed by atoms with van der Waals surface area (Å²) in [5, 5.41) is 51.0. The Bertz CT molecular complexity index is 484. The molecule has 8 atom stereocenters. The third-order valence-electron chi connectivity index (χ3n) is 3.92. The molecule has 2 heterocycles.